The van der Waals surface area contributed by atoms with E-state index < -0.39 is 19.6 Å². The van der Waals surface area contributed by atoms with Crippen LogP contribution in [0.2, 0.25) is 0 Å². The van der Waals surface area contributed by atoms with E-state index in [0.717, 1.165) is 0 Å². The van der Waals surface area contributed by atoms with Gasteiger partial charge in [-0.2, -0.15) is 0 Å². The molecule has 0 saturated carbocycles. The van der Waals surface area contributed by atoms with Gasteiger partial charge in [0.2, 0.25) is 5.91 Å². The topological polar surface area (TPSA) is 77.8 Å². The van der Waals surface area contributed by atoms with Crippen molar-refractivity contribution in [2.45, 2.75) is 25.4 Å². The summed E-state index contributed by atoms with van der Waals surface area (Å²) in [6.45, 7) is 1.44. The van der Waals surface area contributed by atoms with E-state index in [2.05, 4.69) is 0 Å². The van der Waals surface area contributed by atoms with Crippen LogP contribution in [0.4, 0.5) is 4.39 Å². The first kappa shape index (κ1) is 10.0. The van der Waals surface area contributed by atoms with Crippen LogP contribution < -0.4 is 0 Å². The van der Waals surface area contributed by atoms with Crippen LogP contribution in [0.25, 0.3) is 0 Å². The molecule has 3 N–H and O–H groups in total. The summed E-state index contributed by atoms with van der Waals surface area (Å²) in [5.74, 6) is -2.45. The maximum atomic E-state index is 12.3. The van der Waals surface area contributed by atoms with Gasteiger partial charge in [0.05, 0.1) is 6.10 Å². The Labute approximate surface area is 57.8 Å². The highest BCUT2D eigenvalue weighted by molar-refractivity contribution is 7.52. The van der Waals surface area contributed by atoms with Gasteiger partial charge in [-0.15, -0.1) is 0 Å². The van der Waals surface area contributed by atoms with Crippen LogP contribution in [-0.4, -0.2) is 26.9 Å². The fraction of sp³-hybridized carbons (Fsp3) is 1.00. The number of hydrogen-bond acceptors (Lipinski definition) is 2. The second-order valence-corrected chi connectivity index (χ2v) is 3.61. The highest BCUT2D eigenvalue weighted by Gasteiger charge is 2.34. The molecule has 0 saturated heterocycles. The minimum Gasteiger partial charge on any atom is -0.389 e. The van der Waals surface area contributed by atoms with Crippen LogP contribution >= 0.6 is 7.60 Å². The van der Waals surface area contributed by atoms with E-state index in [4.69, 9.17) is 14.9 Å². The number of alkyl halides is 1. The van der Waals surface area contributed by atoms with Crippen molar-refractivity contribution in [2.75, 3.05) is 0 Å². The predicted molar refractivity (Wildman–Crippen MR) is 33.2 cm³/mol. The van der Waals surface area contributed by atoms with E-state index in [0.29, 0.717) is 0 Å². The van der Waals surface area contributed by atoms with E-state index >= 15 is 0 Å². The van der Waals surface area contributed by atoms with Gasteiger partial charge in [-0.3, -0.25) is 4.57 Å². The Hall–Kier alpha value is 0.0400. The van der Waals surface area contributed by atoms with Gasteiger partial charge in [0.25, 0.3) is 0 Å². The lowest BCUT2D eigenvalue weighted by Gasteiger charge is -2.14. The van der Waals surface area contributed by atoms with E-state index in [-0.39, 0.29) is 6.42 Å². The molecular formula is C4H10FO4P. The fourth-order valence-corrected chi connectivity index (χ4v) is 1.08. The highest BCUT2D eigenvalue weighted by Crippen LogP contribution is 2.44. The van der Waals surface area contributed by atoms with Crippen LogP contribution in [-0.2, 0) is 4.57 Å². The van der Waals surface area contributed by atoms with Crippen LogP contribution in [0.3, 0.4) is 0 Å². The summed E-state index contributed by atoms with van der Waals surface area (Å²) >= 11 is 0. The molecule has 0 aromatic carbocycles. The normalized spacial score (nSPS) is 18.5. The number of halogens is 1. The Balaban J connectivity index is 4.08. The Morgan fingerprint density at radius 1 is 1.60 bits per heavy atom. The van der Waals surface area contributed by atoms with Crippen LogP contribution in [0.1, 0.15) is 13.3 Å². The second-order valence-electron chi connectivity index (χ2n) is 1.94. The molecule has 6 heteroatoms. The molecule has 0 aliphatic heterocycles. The van der Waals surface area contributed by atoms with Gasteiger partial charge >= 0.3 is 7.60 Å². The van der Waals surface area contributed by atoms with Crippen molar-refractivity contribution in [1.82, 2.24) is 0 Å². The van der Waals surface area contributed by atoms with Crippen LogP contribution in [0, 0.1) is 0 Å². The summed E-state index contributed by atoms with van der Waals surface area (Å²) in [6, 6.07) is 0. The summed E-state index contributed by atoms with van der Waals surface area (Å²) in [4.78, 5) is 16.3. The Morgan fingerprint density at radius 2 is 2.00 bits per heavy atom. The summed E-state index contributed by atoms with van der Waals surface area (Å²) in [5.41, 5.74) is 0. The van der Waals surface area contributed by atoms with Gasteiger partial charge in [0, 0.05) is 0 Å². The first-order valence-electron chi connectivity index (χ1n) is 2.77. The third-order valence-electron chi connectivity index (χ3n) is 1.06. The van der Waals surface area contributed by atoms with Gasteiger partial charge in [0.15, 0.2) is 0 Å². The van der Waals surface area contributed by atoms with Crippen molar-refractivity contribution in [2.24, 2.45) is 0 Å². The van der Waals surface area contributed by atoms with Crippen molar-refractivity contribution < 1.29 is 23.8 Å². The standard InChI is InChI=1S/C4H10FO4P/c1-2-3(6)4(5)10(7,8)9/h3-4,6H,2H2,1H3,(H2,7,8,9)/t3-,4?/m0/s1. The molecule has 0 heterocycles. The molecule has 10 heavy (non-hydrogen) atoms. The quantitative estimate of drug-likeness (QED) is 0.532. The number of aliphatic hydroxyl groups is 1. The summed E-state index contributed by atoms with van der Waals surface area (Å²) < 4.78 is 22.4. The lowest BCUT2D eigenvalue weighted by Crippen LogP contribution is -2.20. The summed E-state index contributed by atoms with van der Waals surface area (Å²) in [7, 11) is -4.75. The molecule has 0 radical (unpaired) electrons. The Morgan fingerprint density at radius 3 is 2.10 bits per heavy atom. The zero-order valence-electron chi connectivity index (χ0n) is 5.44. The fourth-order valence-electron chi connectivity index (χ4n) is 0.419. The molecule has 0 aromatic rings. The SMILES string of the molecule is CC[C@H](O)C(F)P(=O)(O)O. The Kier molecular flexibility index (Phi) is 3.45. The molecule has 2 atom stereocenters. The number of rotatable bonds is 3. The molecule has 0 amide bonds. The molecule has 0 fully saturated rings. The van der Waals surface area contributed by atoms with E-state index in [1.165, 1.54) is 6.92 Å². The van der Waals surface area contributed by atoms with E-state index in [9.17, 15) is 8.96 Å². The average molecular weight is 172 g/mol. The number of hydrogen-bond donors (Lipinski definition) is 3. The molecule has 0 rings (SSSR count). The van der Waals surface area contributed by atoms with Gasteiger partial charge in [-0.1, -0.05) is 6.92 Å². The average Bonchev–Trinajstić information content (AvgIpc) is 1.83. The first-order valence-corrected chi connectivity index (χ1v) is 4.45. The van der Waals surface area contributed by atoms with Crippen LogP contribution in [0.15, 0.2) is 0 Å². The van der Waals surface area contributed by atoms with Gasteiger partial charge < -0.3 is 14.9 Å². The first-order chi connectivity index (χ1) is 4.39. The van der Waals surface area contributed by atoms with Crippen molar-refractivity contribution in [3.05, 3.63) is 0 Å². The second kappa shape index (κ2) is 3.44. The third-order valence-corrected chi connectivity index (χ3v) is 2.04. The van der Waals surface area contributed by atoms with Crippen molar-refractivity contribution >= 4 is 7.60 Å². The monoisotopic (exact) mass is 172 g/mol. The molecule has 1 unspecified atom stereocenters. The molecule has 62 valence electrons. The summed E-state index contributed by atoms with van der Waals surface area (Å²) in [6.07, 6.45) is -1.58. The zero-order chi connectivity index (χ0) is 8.36. The molecular weight excluding hydrogens is 162 g/mol. The van der Waals surface area contributed by atoms with Gasteiger partial charge in [0.1, 0.15) is 0 Å². The molecule has 4 nitrogen and oxygen atoms in total. The minimum absolute atomic E-state index is 0.00766. The van der Waals surface area contributed by atoms with Crippen molar-refractivity contribution in [3.8, 4) is 0 Å². The van der Waals surface area contributed by atoms with Crippen LogP contribution in [0.5, 0.6) is 0 Å². The van der Waals surface area contributed by atoms with Crippen molar-refractivity contribution in [1.29, 1.82) is 0 Å². The molecule has 0 aliphatic carbocycles. The van der Waals surface area contributed by atoms with Crippen molar-refractivity contribution in [3.63, 3.8) is 0 Å². The zero-order valence-corrected chi connectivity index (χ0v) is 6.33. The van der Waals surface area contributed by atoms with E-state index in [1.54, 1.807) is 0 Å². The maximum absolute atomic E-state index is 12.3. The minimum atomic E-state index is -4.75. The lowest BCUT2D eigenvalue weighted by atomic mass is 10.3. The smallest absolute Gasteiger partial charge is 0.362 e. The summed E-state index contributed by atoms with van der Waals surface area (Å²) in [5, 5.41) is 8.59. The van der Waals surface area contributed by atoms with E-state index in [1.807, 2.05) is 0 Å². The maximum Gasteiger partial charge on any atom is 0.362 e. The molecule has 0 bridgehead atoms. The number of aliphatic hydroxyl groups excluding tert-OH is 1. The Bertz CT molecular complexity index is 144. The third kappa shape index (κ3) is 2.75. The van der Waals surface area contributed by atoms with Gasteiger partial charge in [-0.05, 0) is 6.42 Å². The molecule has 0 aromatic heterocycles. The largest absolute Gasteiger partial charge is 0.389 e. The van der Waals surface area contributed by atoms with Gasteiger partial charge in [-0.25, -0.2) is 4.39 Å². The molecule has 0 spiro atoms. The highest BCUT2D eigenvalue weighted by atomic mass is 31.2. The molecule has 0 aliphatic rings. The predicted octanol–water partition coefficient (Wildman–Crippen LogP) is 0.231. The lowest BCUT2D eigenvalue weighted by molar-refractivity contribution is 0.0994.